The van der Waals surface area contributed by atoms with Crippen molar-refractivity contribution in [2.45, 2.75) is 19.3 Å². The lowest BCUT2D eigenvalue weighted by Crippen LogP contribution is -2.14. The second-order valence-corrected chi connectivity index (χ2v) is 13.4. The van der Waals surface area contributed by atoms with E-state index in [0.717, 1.165) is 27.6 Å². The van der Waals surface area contributed by atoms with Crippen LogP contribution < -0.4 is 0 Å². The van der Waals surface area contributed by atoms with Gasteiger partial charge >= 0.3 is 0 Å². The van der Waals surface area contributed by atoms with Gasteiger partial charge in [-0.25, -0.2) is 0 Å². The van der Waals surface area contributed by atoms with E-state index < -0.39 is 0 Å². The minimum atomic E-state index is -0.00542. The Balaban J connectivity index is 1.05. The standard InChI is InChI=1S/C45H31NO/c1-45(2)39-12-6-3-9-33(39)34-22-19-31(26-40(34)45)29-17-15-28(16-18-29)30-20-23-42-37(25-30)35-10-4-7-13-41(35)46(42)32-21-24-44-38(27-32)36-11-5-8-14-43(36)47-44/h3-27H,1-2H3. The monoisotopic (exact) mass is 601 g/mol. The largest absolute Gasteiger partial charge is 0.456 e. The molecule has 2 nitrogen and oxygen atoms in total. The minimum absolute atomic E-state index is 0.00542. The normalized spacial score (nSPS) is 13.5. The lowest BCUT2D eigenvalue weighted by molar-refractivity contribution is 0.660. The number of fused-ring (bicyclic) bond motifs is 9. The third-order valence-electron chi connectivity index (χ3n) is 10.4. The number of aromatic nitrogens is 1. The Kier molecular flexibility index (Phi) is 5.37. The fourth-order valence-corrected chi connectivity index (χ4v) is 8.02. The van der Waals surface area contributed by atoms with Crippen molar-refractivity contribution in [2.75, 3.05) is 0 Å². The maximum absolute atomic E-state index is 6.13. The topological polar surface area (TPSA) is 18.1 Å². The number of para-hydroxylation sites is 2. The Hall–Kier alpha value is -5.86. The lowest BCUT2D eigenvalue weighted by Gasteiger charge is -2.22. The second-order valence-electron chi connectivity index (χ2n) is 13.4. The van der Waals surface area contributed by atoms with Crippen LogP contribution in [0.2, 0.25) is 0 Å². The van der Waals surface area contributed by atoms with E-state index in [-0.39, 0.29) is 5.41 Å². The van der Waals surface area contributed by atoms with Gasteiger partial charge in [0.1, 0.15) is 11.2 Å². The van der Waals surface area contributed by atoms with Gasteiger partial charge in [0.25, 0.3) is 0 Å². The van der Waals surface area contributed by atoms with E-state index in [0.29, 0.717) is 0 Å². The van der Waals surface area contributed by atoms with Crippen LogP contribution in [0.1, 0.15) is 25.0 Å². The molecule has 0 aliphatic heterocycles. The van der Waals surface area contributed by atoms with Crippen LogP contribution in [0.3, 0.4) is 0 Å². The van der Waals surface area contributed by atoms with Crippen LogP contribution in [0.5, 0.6) is 0 Å². The van der Waals surface area contributed by atoms with Gasteiger partial charge in [0.05, 0.1) is 11.0 Å². The quantitative estimate of drug-likeness (QED) is 0.197. The molecule has 7 aromatic carbocycles. The Morgan fingerprint density at radius 2 is 1.04 bits per heavy atom. The fourth-order valence-electron chi connectivity index (χ4n) is 8.02. The number of rotatable bonds is 3. The number of hydrogen-bond donors (Lipinski definition) is 0. The zero-order chi connectivity index (χ0) is 31.3. The number of furan rings is 1. The summed E-state index contributed by atoms with van der Waals surface area (Å²) in [4.78, 5) is 0. The molecule has 2 aromatic heterocycles. The van der Waals surface area contributed by atoms with Gasteiger partial charge in [0.15, 0.2) is 0 Å². The van der Waals surface area contributed by atoms with E-state index in [2.05, 4.69) is 158 Å². The van der Waals surface area contributed by atoms with Gasteiger partial charge < -0.3 is 8.98 Å². The molecule has 0 saturated carbocycles. The molecule has 0 amide bonds. The van der Waals surface area contributed by atoms with Crippen LogP contribution in [0.25, 0.3) is 82.8 Å². The SMILES string of the molecule is CC1(C)c2ccccc2-c2ccc(-c3ccc(-c4ccc5c(c4)c4ccccc4n5-c4ccc5oc6ccccc6c5c4)cc3)cc21. The van der Waals surface area contributed by atoms with E-state index >= 15 is 0 Å². The molecule has 1 aliphatic carbocycles. The molecule has 0 radical (unpaired) electrons. The highest BCUT2D eigenvalue weighted by atomic mass is 16.3. The summed E-state index contributed by atoms with van der Waals surface area (Å²) in [5, 5.41) is 4.78. The molecule has 1 aliphatic rings. The van der Waals surface area contributed by atoms with E-state index in [1.165, 1.54) is 66.3 Å². The summed E-state index contributed by atoms with van der Waals surface area (Å²) in [6.07, 6.45) is 0. The minimum Gasteiger partial charge on any atom is -0.456 e. The predicted molar refractivity (Wildman–Crippen MR) is 196 cm³/mol. The highest BCUT2D eigenvalue weighted by Gasteiger charge is 2.35. The average Bonchev–Trinajstić information content (AvgIpc) is 3.73. The summed E-state index contributed by atoms with van der Waals surface area (Å²) in [5.74, 6) is 0. The van der Waals surface area contributed by atoms with Crippen molar-refractivity contribution in [3.05, 3.63) is 163 Å². The zero-order valence-electron chi connectivity index (χ0n) is 26.3. The summed E-state index contributed by atoms with van der Waals surface area (Å²) in [6, 6.07) is 55.3. The molecule has 47 heavy (non-hydrogen) atoms. The first-order valence-electron chi connectivity index (χ1n) is 16.3. The van der Waals surface area contributed by atoms with E-state index in [4.69, 9.17) is 4.42 Å². The van der Waals surface area contributed by atoms with Gasteiger partial charge in [-0.1, -0.05) is 117 Å². The first-order valence-corrected chi connectivity index (χ1v) is 16.3. The summed E-state index contributed by atoms with van der Waals surface area (Å²) in [7, 11) is 0. The van der Waals surface area contributed by atoms with Gasteiger partial charge in [-0.3, -0.25) is 0 Å². The molecule has 2 heteroatoms. The Morgan fingerprint density at radius 3 is 1.89 bits per heavy atom. The molecule has 0 spiro atoms. The smallest absolute Gasteiger partial charge is 0.135 e. The van der Waals surface area contributed by atoms with Gasteiger partial charge in [-0.05, 0) is 93.0 Å². The second kappa shape index (κ2) is 9.57. The highest BCUT2D eigenvalue weighted by molar-refractivity contribution is 6.11. The molecular formula is C45H31NO. The van der Waals surface area contributed by atoms with Gasteiger partial charge in [-0.15, -0.1) is 0 Å². The van der Waals surface area contributed by atoms with Crippen LogP contribution in [-0.4, -0.2) is 4.57 Å². The van der Waals surface area contributed by atoms with Crippen LogP contribution >= 0.6 is 0 Å². The number of hydrogen-bond acceptors (Lipinski definition) is 1. The Bertz CT molecular complexity index is 2700. The molecule has 10 rings (SSSR count). The van der Waals surface area contributed by atoms with Crippen LogP contribution in [0, 0.1) is 0 Å². The number of benzene rings is 7. The molecule has 9 aromatic rings. The maximum Gasteiger partial charge on any atom is 0.135 e. The molecule has 0 atom stereocenters. The Labute approximate surface area is 273 Å². The predicted octanol–water partition coefficient (Wildman–Crippen LogP) is 12.3. The molecular weight excluding hydrogens is 571 g/mol. The van der Waals surface area contributed by atoms with E-state index in [9.17, 15) is 0 Å². The molecule has 0 bridgehead atoms. The van der Waals surface area contributed by atoms with Gasteiger partial charge in [0.2, 0.25) is 0 Å². The van der Waals surface area contributed by atoms with Crippen molar-refractivity contribution >= 4 is 43.7 Å². The first kappa shape index (κ1) is 26.4. The Morgan fingerprint density at radius 1 is 0.426 bits per heavy atom. The average molecular weight is 602 g/mol. The summed E-state index contributed by atoms with van der Waals surface area (Å²) in [5.41, 5.74) is 15.8. The number of nitrogens with zero attached hydrogens (tertiary/aromatic N) is 1. The summed E-state index contributed by atoms with van der Waals surface area (Å²) >= 11 is 0. The molecule has 0 fully saturated rings. The molecule has 0 N–H and O–H groups in total. The third-order valence-corrected chi connectivity index (χ3v) is 10.4. The molecule has 0 unspecified atom stereocenters. The van der Waals surface area contributed by atoms with Crippen molar-refractivity contribution in [3.63, 3.8) is 0 Å². The molecule has 222 valence electrons. The van der Waals surface area contributed by atoms with Crippen LogP contribution in [0.15, 0.2) is 156 Å². The highest BCUT2D eigenvalue weighted by Crippen LogP contribution is 2.49. The van der Waals surface area contributed by atoms with E-state index in [1.54, 1.807) is 0 Å². The summed E-state index contributed by atoms with van der Waals surface area (Å²) < 4.78 is 8.52. The van der Waals surface area contributed by atoms with Crippen LogP contribution in [-0.2, 0) is 5.41 Å². The van der Waals surface area contributed by atoms with Crippen LogP contribution in [0.4, 0.5) is 0 Å². The first-order chi connectivity index (χ1) is 23.0. The van der Waals surface area contributed by atoms with Gasteiger partial charge in [-0.2, -0.15) is 0 Å². The molecule has 0 saturated heterocycles. The summed E-state index contributed by atoms with van der Waals surface area (Å²) in [6.45, 7) is 4.69. The third kappa shape index (κ3) is 3.79. The van der Waals surface area contributed by atoms with Crippen molar-refractivity contribution in [2.24, 2.45) is 0 Å². The van der Waals surface area contributed by atoms with Crippen molar-refractivity contribution in [1.29, 1.82) is 0 Å². The molecule has 2 heterocycles. The van der Waals surface area contributed by atoms with E-state index in [1.807, 2.05) is 12.1 Å². The lowest BCUT2D eigenvalue weighted by atomic mass is 9.81. The van der Waals surface area contributed by atoms with Crippen molar-refractivity contribution in [3.8, 4) is 39.1 Å². The van der Waals surface area contributed by atoms with Crippen molar-refractivity contribution in [1.82, 2.24) is 4.57 Å². The van der Waals surface area contributed by atoms with Crippen molar-refractivity contribution < 1.29 is 4.42 Å². The fraction of sp³-hybridized carbons (Fsp3) is 0.0667. The maximum atomic E-state index is 6.13. The zero-order valence-corrected chi connectivity index (χ0v) is 26.3. The van der Waals surface area contributed by atoms with Gasteiger partial charge in [0, 0.05) is 32.6 Å².